The van der Waals surface area contributed by atoms with E-state index in [9.17, 15) is 10.1 Å². The van der Waals surface area contributed by atoms with Crippen LogP contribution in [0.2, 0.25) is 0 Å². The zero-order valence-corrected chi connectivity index (χ0v) is 16.3. The molecule has 3 aromatic carbocycles. The van der Waals surface area contributed by atoms with Crippen LogP contribution in [-0.2, 0) is 18.3 Å². The maximum Gasteiger partial charge on any atom is 0.336 e. The number of nitrogens with zero attached hydrogens (tertiary/aromatic N) is 1. The Hall–Kier alpha value is -3.64. The van der Waals surface area contributed by atoms with E-state index in [-0.39, 0.29) is 0 Å². The van der Waals surface area contributed by atoms with Gasteiger partial charge in [0.15, 0.2) is 0 Å². The van der Waals surface area contributed by atoms with Gasteiger partial charge in [-0.3, -0.25) is 0 Å². The Labute approximate surface area is 169 Å². The van der Waals surface area contributed by atoms with Crippen molar-refractivity contribution in [1.82, 2.24) is 0 Å². The lowest BCUT2D eigenvalue weighted by Crippen LogP contribution is -2.29. The number of rotatable bonds is 5. The van der Waals surface area contributed by atoms with Gasteiger partial charge < -0.3 is 4.42 Å². The van der Waals surface area contributed by atoms with Gasteiger partial charge in [0.1, 0.15) is 11.0 Å². The van der Waals surface area contributed by atoms with Gasteiger partial charge in [-0.2, -0.15) is 5.26 Å². The van der Waals surface area contributed by atoms with Gasteiger partial charge in [0.2, 0.25) is 0 Å². The smallest absolute Gasteiger partial charge is 0.336 e. The molecule has 0 fully saturated rings. The van der Waals surface area contributed by atoms with Crippen LogP contribution in [0.4, 0.5) is 0 Å². The number of nitriles is 1. The monoisotopic (exact) mass is 379 g/mol. The van der Waals surface area contributed by atoms with Crippen molar-refractivity contribution in [2.75, 3.05) is 0 Å². The molecular formula is C26H21NO2. The fourth-order valence-corrected chi connectivity index (χ4v) is 3.91. The first-order valence-electron chi connectivity index (χ1n) is 9.74. The van der Waals surface area contributed by atoms with Crippen molar-refractivity contribution >= 4 is 11.0 Å². The molecule has 1 heterocycles. The van der Waals surface area contributed by atoms with Crippen molar-refractivity contribution in [2.45, 2.75) is 25.2 Å². The molecule has 142 valence electrons. The Kier molecular flexibility index (Phi) is 5.01. The fraction of sp³-hybridized carbons (Fsp3) is 0.154. The molecule has 0 spiro atoms. The van der Waals surface area contributed by atoms with Crippen LogP contribution >= 0.6 is 0 Å². The number of benzene rings is 3. The molecule has 0 radical (unpaired) electrons. The summed E-state index contributed by atoms with van der Waals surface area (Å²) in [6, 6.07) is 29.6. The van der Waals surface area contributed by atoms with E-state index in [2.05, 4.69) is 13.0 Å². The average Bonchev–Trinajstić information content (AvgIpc) is 2.78. The minimum Gasteiger partial charge on any atom is -0.423 e. The maximum absolute atomic E-state index is 12.3. The Morgan fingerprint density at radius 3 is 2.07 bits per heavy atom. The molecular weight excluding hydrogens is 358 g/mol. The van der Waals surface area contributed by atoms with E-state index >= 15 is 0 Å². The van der Waals surface area contributed by atoms with Crippen molar-refractivity contribution in [3.8, 4) is 6.07 Å². The summed E-state index contributed by atoms with van der Waals surface area (Å²) in [5, 5.41) is 11.3. The van der Waals surface area contributed by atoms with Crippen LogP contribution in [-0.4, -0.2) is 0 Å². The fourth-order valence-electron chi connectivity index (χ4n) is 3.91. The summed E-state index contributed by atoms with van der Waals surface area (Å²) in [5.74, 6) is 0. The van der Waals surface area contributed by atoms with E-state index in [1.807, 2.05) is 78.9 Å². The third kappa shape index (κ3) is 3.46. The summed E-state index contributed by atoms with van der Waals surface area (Å²) < 4.78 is 5.47. The highest BCUT2D eigenvalue weighted by atomic mass is 16.4. The molecule has 0 aliphatic carbocycles. The molecule has 3 heteroatoms. The van der Waals surface area contributed by atoms with Crippen LogP contribution in [0.25, 0.3) is 11.0 Å². The highest BCUT2D eigenvalue weighted by molar-refractivity contribution is 5.81. The minimum absolute atomic E-state index is 0.380. The summed E-state index contributed by atoms with van der Waals surface area (Å²) in [5.41, 5.74) is 2.99. The molecule has 4 aromatic rings. The van der Waals surface area contributed by atoms with Gasteiger partial charge in [0.25, 0.3) is 0 Å². The van der Waals surface area contributed by atoms with Crippen molar-refractivity contribution in [2.24, 2.45) is 0 Å². The molecule has 0 aliphatic rings. The summed E-state index contributed by atoms with van der Waals surface area (Å²) in [4.78, 5) is 12.3. The molecule has 0 aliphatic heterocycles. The van der Waals surface area contributed by atoms with E-state index < -0.39 is 11.0 Å². The number of fused-ring (bicyclic) bond motifs is 1. The van der Waals surface area contributed by atoms with E-state index in [0.29, 0.717) is 12.0 Å². The Balaban J connectivity index is 1.95. The number of hydrogen-bond donors (Lipinski definition) is 0. The van der Waals surface area contributed by atoms with E-state index in [1.165, 1.54) is 6.07 Å². The molecule has 0 amide bonds. The number of aryl methyl sites for hydroxylation is 1. The molecule has 0 N–H and O–H groups in total. The van der Waals surface area contributed by atoms with Crippen LogP contribution < -0.4 is 5.63 Å². The first kappa shape index (κ1) is 18.7. The second kappa shape index (κ2) is 7.77. The Morgan fingerprint density at radius 2 is 1.52 bits per heavy atom. The molecule has 0 saturated carbocycles. The summed E-state index contributed by atoms with van der Waals surface area (Å²) >= 11 is 0. The van der Waals surface area contributed by atoms with Crippen LogP contribution in [0.15, 0.2) is 94.1 Å². The van der Waals surface area contributed by atoms with Crippen LogP contribution in [0, 0.1) is 11.3 Å². The van der Waals surface area contributed by atoms with E-state index in [0.717, 1.165) is 34.1 Å². The van der Waals surface area contributed by atoms with Crippen LogP contribution in [0.1, 0.15) is 29.2 Å². The van der Waals surface area contributed by atoms with Gasteiger partial charge in [0.05, 0.1) is 6.07 Å². The molecule has 4 rings (SSSR count). The van der Waals surface area contributed by atoms with Crippen LogP contribution in [0.5, 0.6) is 0 Å². The maximum atomic E-state index is 12.3. The first-order chi connectivity index (χ1) is 14.2. The predicted octanol–water partition coefficient (Wildman–Crippen LogP) is 5.41. The van der Waals surface area contributed by atoms with Gasteiger partial charge in [-0.25, -0.2) is 4.79 Å². The largest absolute Gasteiger partial charge is 0.423 e. The van der Waals surface area contributed by atoms with Gasteiger partial charge in [-0.1, -0.05) is 79.7 Å². The Bertz CT molecular complexity index is 1200. The lowest BCUT2D eigenvalue weighted by molar-refractivity contribution is 0.555. The van der Waals surface area contributed by atoms with Crippen LogP contribution in [0.3, 0.4) is 0 Å². The lowest BCUT2D eigenvalue weighted by atomic mass is 9.71. The van der Waals surface area contributed by atoms with Crippen molar-refractivity contribution in [1.29, 1.82) is 5.26 Å². The quantitative estimate of drug-likeness (QED) is 0.436. The average molecular weight is 379 g/mol. The SMILES string of the molecule is CCc1ccc2c(CC(C#N)(c3ccccc3)c3ccccc3)cc(=O)oc2c1. The zero-order chi connectivity index (χ0) is 20.3. The van der Waals surface area contributed by atoms with Gasteiger partial charge >= 0.3 is 5.63 Å². The van der Waals surface area contributed by atoms with E-state index in [4.69, 9.17) is 4.42 Å². The standard InChI is InChI=1S/C26H21NO2/c1-2-19-13-14-23-20(16-25(28)29-24(23)15-19)17-26(18-27,21-9-5-3-6-10-21)22-11-7-4-8-12-22/h3-16H,2,17H2,1H3. The normalized spacial score (nSPS) is 11.3. The van der Waals surface area contributed by atoms with Gasteiger partial charge in [-0.05, 0) is 34.7 Å². The van der Waals surface area contributed by atoms with Crippen molar-refractivity contribution in [3.05, 3.63) is 118 Å². The lowest BCUT2D eigenvalue weighted by Gasteiger charge is -2.28. The Morgan fingerprint density at radius 1 is 0.897 bits per heavy atom. The predicted molar refractivity (Wildman–Crippen MR) is 115 cm³/mol. The minimum atomic E-state index is -0.910. The number of hydrogen-bond acceptors (Lipinski definition) is 3. The molecule has 0 unspecified atom stereocenters. The molecule has 3 nitrogen and oxygen atoms in total. The second-order valence-electron chi connectivity index (χ2n) is 7.20. The van der Waals surface area contributed by atoms with E-state index in [1.54, 1.807) is 0 Å². The molecule has 0 saturated heterocycles. The topological polar surface area (TPSA) is 54.0 Å². The molecule has 1 aromatic heterocycles. The third-order valence-electron chi connectivity index (χ3n) is 5.48. The first-order valence-corrected chi connectivity index (χ1v) is 9.74. The summed E-state index contributed by atoms with van der Waals surface area (Å²) in [6.07, 6.45) is 1.24. The van der Waals surface area contributed by atoms with Gasteiger partial charge in [0, 0.05) is 17.9 Å². The highest BCUT2D eigenvalue weighted by Gasteiger charge is 2.35. The highest BCUT2D eigenvalue weighted by Crippen LogP contribution is 2.36. The van der Waals surface area contributed by atoms with Crippen molar-refractivity contribution < 1.29 is 4.42 Å². The molecule has 0 atom stereocenters. The van der Waals surface area contributed by atoms with Gasteiger partial charge in [-0.15, -0.1) is 0 Å². The molecule has 29 heavy (non-hydrogen) atoms. The molecule has 0 bridgehead atoms. The zero-order valence-electron chi connectivity index (χ0n) is 16.3. The van der Waals surface area contributed by atoms with Crippen molar-refractivity contribution in [3.63, 3.8) is 0 Å². The third-order valence-corrected chi connectivity index (χ3v) is 5.48. The second-order valence-corrected chi connectivity index (χ2v) is 7.20. The summed E-state index contributed by atoms with van der Waals surface area (Å²) in [7, 11) is 0. The summed E-state index contributed by atoms with van der Waals surface area (Å²) in [6.45, 7) is 2.06.